The highest BCUT2D eigenvalue weighted by Gasteiger charge is 2.20. The maximum atomic E-state index is 11.9. The largest absolute Gasteiger partial charge is 0.478 e. The van der Waals surface area contributed by atoms with Gasteiger partial charge in [0.15, 0.2) is 5.78 Å². The number of aromatic carboxylic acids is 1. The summed E-state index contributed by atoms with van der Waals surface area (Å²) >= 11 is 0. The van der Waals surface area contributed by atoms with Crippen LogP contribution in [-0.4, -0.2) is 21.4 Å². The summed E-state index contributed by atoms with van der Waals surface area (Å²) < 4.78 is 2.06. The van der Waals surface area contributed by atoms with Crippen LogP contribution in [0.3, 0.4) is 0 Å². The van der Waals surface area contributed by atoms with E-state index in [0.717, 1.165) is 29.4 Å². The number of carbonyl (C=O) groups is 2. The van der Waals surface area contributed by atoms with Crippen LogP contribution in [0, 0.1) is 13.8 Å². The summed E-state index contributed by atoms with van der Waals surface area (Å²) in [6.45, 7) is 8.08. The molecule has 0 radical (unpaired) electrons. The minimum absolute atomic E-state index is 0.0325. The molecule has 2 rings (SSSR count). The molecule has 0 unspecified atom stereocenters. The van der Waals surface area contributed by atoms with E-state index in [1.54, 1.807) is 13.0 Å². The molecule has 1 heterocycles. The lowest BCUT2D eigenvalue weighted by molar-refractivity contribution is 0.0696. The zero-order chi connectivity index (χ0) is 15.0. The van der Waals surface area contributed by atoms with Gasteiger partial charge in [-0.25, -0.2) is 4.79 Å². The lowest BCUT2D eigenvalue weighted by atomic mass is 9.97. The highest BCUT2D eigenvalue weighted by Crippen LogP contribution is 2.31. The minimum atomic E-state index is -0.953. The number of carbonyl (C=O) groups excluding carboxylic acids is 1. The first-order chi connectivity index (χ1) is 9.38. The predicted molar refractivity (Wildman–Crippen MR) is 78.7 cm³/mol. The van der Waals surface area contributed by atoms with Gasteiger partial charge in [-0.1, -0.05) is 6.92 Å². The van der Waals surface area contributed by atoms with E-state index < -0.39 is 5.97 Å². The van der Waals surface area contributed by atoms with E-state index in [1.807, 2.05) is 13.1 Å². The van der Waals surface area contributed by atoms with Gasteiger partial charge in [-0.15, -0.1) is 0 Å². The Bertz CT molecular complexity index is 710. The topological polar surface area (TPSA) is 59.3 Å². The third-order valence-corrected chi connectivity index (χ3v) is 3.67. The van der Waals surface area contributed by atoms with Crippen LogP contribution in [0.25, 0.3) is 10.9 Å². The third kappa shape index (κ3) is 2.11. The quantitative estimate of drug-likeness (QED) is 0.866. The number of ketones is 1. The zero-order valence-electron chi connectivity index (χ0n) is 12.3. The number of rotatable bonds is 4. The first kappa shape index (κ1) is 14.3. The summed E-state index contributed by atoms with van der Waals surface area (Å²) in [4.78, 5) is 23.2. The normalized spacial score (nSPS) is 11.0. The van der Waals surface area contributed by atoms with E-state index in [2.05, 4.69) is 11.5 Å². The molecule has 1 aromatic heterocycles. The summed E-state index contributed by atoms with van der Waals surface area (Å²) in [6, 6.07) is 1.69. The van der Waals surface area contributed by atoms with Gasteiger partial charge in [-0.2, -0.15) is 0 Å². The van der Waals surface area contributed by atoms with Gasteiger partial charge >= 0.3 is 5.97 Å². The standard InChI is InChI=1S/C16H19NO3/c1-5-6-17-8-13(11(4)18)14-10(3)12(16(19)20)7-9(2)15(14)17/h7-8H,5-6H2,1-4H3,(H,19,20). The van der Waals surface area contributed by atoms with Crippen LogP contribution in [0.2, 0.25) is 0 Å². The monoisotopic (exact) mass is 273 g/mol. The fourth-order valence-electron chi connectivity index (χ4n) is 2.79. The number of fused-ring (bicyclic) bond motifs is 1. The highest BCUT2D eigenvalue weighted by molar-refractivity contribution is 6.11. The third-order valence-electron chi connectivity index (χ3n) is 3.67. The first-order valence-corrected chi connectivity index (χ1v) is 6.75. The molecule has 106 valence electrons. The van der Waals surface area contributed by atoms with Gasteiger partial charge in [-0.05, 0) is 44.4 Å². The van der Waals surface area contributed by atoms with Gasteiger partial charge in [0.05, 0.1) is 11.1 Å². The smallest absolute Gasteiger partial charge is 0.335 e. The SMILES string of the molecule is CCCn1cc(C(C)=O)c2c(C)c(C(=O)O)cc(C)c21. The molecule has 0 atom stereocenters. The van der Waals surface area contributed by atoms with Crippen LogP contribution >= 0.6 is 0 Å². The average molecular weight is 273 g/mol. The molecule has 0 aliphatic rings. The van der Waals surface area contributed by atoms with Gasteiger partial charge in [0.1, 0.15) is 0 Å². The zero-order valence-corrected chi connectivity index (χ0v) is 12.3. The second kappa shape index (κ2) is 5.12. The summed E-state index contributed by atoms with van der Waals surface area (Å²) in [5, 5.41) is 10.1. The number of aryl methyl sites for hydroxylation is 3. The molecule has 1 N–H and O–H groups in total. The fourth-order valence-corrected chi connectivity index (χ4v) is 2.79. The maximum Gasteiger partial charge on any atom is 0.335 e. The Hall–Kier alpha value is -2.10. The molecule has 2 aromatic rings. The van der Waals surface area contributed by atoms with Crippen molar-refractivity contribution in [3.05, 3.63) is 34.5 Å². The molecular formula is C16H19NO3. The highest BCUT2D eigenvalue weighted by atomic mass is 16.4. The molecule has 0 aliphatic heterocycles. The fraction of sp³-hybridized carbons (Fsp3) is 0.375. The van der Waals surface area contributed by atoms with Crippen LogP contribution in [0.1, 0.15) is 52.1 Å². The molecule has 4 nitrogen and oxygen atoms in total. The van der Waals surface area contributed by atoms with Gasteiger partial charge in [0.2, 0.25) is 0 Å². The molecule has 4 heteroatoms. The molecule has 0 saturated heterocycles. The Morgan fingerprint density at radius 2 is 1.90 bits per heavy atom. The number of Topliss-reactive ketones (excluding diaryl/α,β-unsaturated/α-hetero) is 1. The number of hydrogen-bond acceptors (Lipinski definition) is 2. The van der Waals surface area contributed by atoms with Crippen molar-refractivity contribution < 1.29 is 14.7 Å². The first-order valence-electron chi connectivity index (χ1n) is 6.75. The van der Waals surface area contributed by atoms with E-state index in [4.69, 9.17) is 0 Å². The molecular weight excluding hydrogens is 254 g/mol. The Morgan fingerprint density at radius 1 is 1.25 bits per heavy atom. The van der Waals surface area contributed by atoms with Crippen molar-refractivity contribution in [3.8, 4) is 0 Å². The number of aromatic nitrogens is 1. The molecule has 0 saturated carbocycles. The van der Waals surface area contributed by atoms with Crippen molar-refractivity contribution in [1.82, 2.24) is 4.57 Å². The lowest BCUT2D eigenvalue weighted by Gasteiger charge is -2.10. The molecule has 20 heavy (non-hydrogen) atoms. The van der Waals surface area contributed by atoms with Gasteiger partial charge in [-0.3, -0.25) is 4.79 Å². The summed E-state index contributed by atoms with van der Waals surface area (Å²) in [6.07, 6.45) is 2.81. The predicted octanol–water partition coefficient (Wildman–Crippen LogP) is 3.57. The Labute approximate surface area is 118 Å². The van der Waals surface area contributed by atoms with Gasteiger partial charge in [0, 0.05) is 23.7 Å². The molecule has 0 spiro atoms. The van der Waals surface area contributed by atoms with E-state index in [1.165, 1.54) is 6.92 Å². The van der Waals surface area contributed by atoms with Crippen molar-refractivity contribution in [2.75, 3.05) is 0 Å². The maximum absolute atomic E-state index is 11.9. The van der Waals surface area contributed by atoms with Crippen LogP contribution in [0.4, 0.5) is 0 Å². The van der Waals surface area contributed by atoms with Crippen molar-refractivity contribution in [2.45, 2.75) is 40.7 Å². The second-order valence-electron chi connectivity index (χ2n) is 5.19. The number of carboxylic acid groups (broad SMARTS) is 1. The summed E-state index contributed by atoms with van der Waals surface area (Å²) in [5.74, 6) is -0.986. The van der Waals surface area contributed by atoms with Gasteiger partial charge < -0.3 is 9.67 Å². The average Bonchev–Trinajstić information content (AvgIpc) is 2.74. The van der Waals surface area contributed by atoms with Crippen molar-refractivity contribution in [1.29, 1.82) is 0 Å². The van der Waals surface area contributed by atoms with E-state index in [-0.39, 0.29) is 11.3 Å². The van der Waals surface area contributed by atoms with Gasteiger partial charge in [0.25, 0.3) is 0 Å². The van der Waals surface area contributed by atoms with Crippen LogP contribution < -0.4 is 0 Å². The van der Waals surface area contributed by atoms with Crippen molar-refractivity contribution in [2.24, 2.45) is 0 Å². The summed E-state index contributed by atoms with van der Waals surface area (Å²) in [5.41, 5.74) is 3.41. The Balaban J connectivity index is 2.94. The van der Waals surface area contributed by atoms with Crippen molar-refractivity contribution >= 4 is 22.7 Å². The molecule has 0 bridgehead atoms. The number of hydrogen-bond donors (Lipinski definition) is 1. The van der Waals surface area contributed by atoms with E-state index >= 15 is 0 Å². The van der Waals surface area contributed by atoms with Crippen molar-refractivity contribution in [3.63, 3.8) is 0 Å². The Morgan fingerprint density at radius 3 is 2.40 bits per heavy atom. The molecule has 0 aliphatic carbocycles. The second-order valence-corrected chi connectivity index (χ2v) is 5.19. The van der Waals surface area contributed by atoms with E-state index in [9.17, 15) is 14.7 Å². The summed E-state index contributed by atoms with van der Waals surface area (Å²) in [7, 11) is 0. The number of carboxylic acids is 1. The minimum Gasteiger partial charge on any atom is -0.478 e. The van der Waals surface area contributed by atoms with Crippen LogP contribution in [-0.2, 0) is 6.54 Å². The van der Waals surface area contributed by atoms with Crippen LogP contribution in [0.15, 0.2) is 12.3 Å². The lowest BCUT2D eigenvalue weighted by Crippen LogP contribution is -2.03. The van der Waals surface area contributed by atoms with E-state index in [0.29, 0.717) is 11.1 Å². The molecule has 0 fully saturated rings. The Kier molecular flexibility index (Phi) is 3.66. The number of benzene rings is 1. The molecule has 0 amide bonds. The molecule has 1 aromatic carbocycles. The number of nitrogens with zero attached hydrogens (tertiary/aromatic N) is 1. The van der Waals surface area contributed by atoms with Crippen LogP contribution in [0.5, 0.6) is 0 Å².